The highest BCUT2D eigenvalue weighted by atomic mass is 32.2. The van der Waals surface area contributed by atoms with Gasteiger partial charge in [-0.3, -0.25) is 14.1 Å². The Kier molecular flexibility index (Phi) is 3.06. The van der Waals surface area contributed by atoms with E-state index in [0.717, 1.165) is 0 Å². The number of Topliss-reactive ketones (excluding diaryl/α,β-unsaturated/α-hetero) is 2. The van der Waals surface area contributed by atoms with Crippen molar-refractivity contribution >= 4 is 21.7 Å². The molecular weight excluding hydrogens is 208 g/mol. The quantitative estimate of drug-likeness (QED) is 0.671. The smallest absolute Gasteiger partial charge is 0.275 e. The molecule has 2 unspecified atom stereocenters. The lowest BCUT2D eigenvalue weighted by molar-refractivity contribution is -0.132. The Morgan fingerprint density at radius 1 is 1.36 bits per heavy atom. The second-order valence-corrected chi connectivity index (χ2v) is 5.06. The maximum atomic E-state index is 11.5. The summed E-state index contributed by atoms with van der Waals surface area (Å²) in [4.78, 5) is 22.6. The van der Waals surface area contributed by atoms with Gasteiger partial charge in [-0.25, -0.2) is 0 Å². The Balaban J connectivity index is 2.97. The molecule has 14 heavy (non-hydrogen) atoms. The van der Waals surface area contributed by atoms with E-state index in [9.17, 15) is 18.0 Å². The monoisotopic (exact) mass is 220 g/mol. The molecule has 1 N–H and O–H groups in total. The summed E-state index contributed by atoms with van der Waals surface area (Å²) in [7, 11) is -4.42. The van der Waals surface area contributed by atoms with Crippen LogP contribution < -0.4 is 0 Å². The number of hydrogen-bond acceptors (Lipinski definition) is 4. The molecule has 1 aliphatic rings. The molecule has 0 aromatic heterocycles. The molecule has 1 rings (SSSR count). The van der Waals surface area contributed by atoms with Gasteiger partial charge < -0.3 is 0 Å². The topological polar surface area (TPSA) is 88.5 Å². The van der Waals surface area contributed by atoms with Gasteiger partial charge in [0.2, 0.25) is 0 Å². The predicted octanol–water partition coefficient (Wildman–Crippen LogP) is 0.201. The van der Waals surface area contributed by atoms with Crippen LogP contribution in [0.2, 0.25) is 0 Å². The molecule has 6 heteroatoms. The summed E-state index contributed by atoms with van der Waals surface area (Å²) in [6.45, 7) is 1.71. The summed E-state index contributed by atoms with van der Waals surface area (Å²) in [5.41, 5.74) is 0. The zero-order valence-electron chi connectivity index (χ0n) is 7.76. The summed E-state index contributed by atoms with van der Waals surface area (Å²) in [6.07, 6.45) is 0.145. The first-order valence-electron chi connectivity index (χ1n) is 4.38. The van der Waals surface area contributed by atoms with Crippen LogP contribution in [0.4, 0.5) is 0 Å². The van der Waals surface area contributed by atoms with E-state index >= 15 is 0 Å². The van der Waals surface area contributed by atoms with Crippen molar-refractivity contribution < 1.29 is 22.6 Å². The average molecular weight is 220 g/mol. The fourth-order valence-electron chi connectivity index (χ4n) is 1.63. The third-order valence-electron chi connectivity index (χ3n) is 2.46. The maximum Gasteiger partial charge on any atom is 0.275 e. The molecule has 1 aliphatic carbocycles. The van der Waals surface area contributed by atoms with E-state index in [1.54, 1.807) is 6.92 Å². The van der Waals surface area contributed by atoms with E-state index in [1.165, 1.54) is 0 Å². The van der Waals surface area contributed by atoms with Crippen molar-refractivity contribution in [2.75, 3.05) is 0 Å². The minimum Gasteiger partial charge on any atom is -0.300 e. The van der Waals surface area contributed by atoms with Crippen molar-refractivity contribution in [3.8, 4) is 0 Å². The number of rotatable bonds is 2. The predicted molar refractivity (Wildman–Crippen MR) is 48.4 cm³/mol. The van der Waals surface area contributed by atoms with Crippen LogP contribution >= 0.6 is 0 Å². The van der Waals surface area contributed by atoms with Gasteiger partial charge in [0.1, 0.15) is 5.78 Å². The van der Waals surface area contributed by atoms with E-state index < -0.39 is 27.1 Å². The summed E-state index contributed by atoms with van der Waals surface area (Å²) in [5, 5.41) is -1.53. The highest BCUT2D eigenvalue weighted by molar-refractivity contribution is 7.87. The highest BCUT2D eigenvalue weighted by Crippen LogP contribution is 2.24. The number of hydrogen-bond donors (Lipinski definition) is 1. The van der Waals surface area contributed by atoms with Gasteiger partial charge in [-0.15, -0.1) is 0 Å². The van der Waals surface area contributed by atoms with Crippen molar-refractivity contribution in [2.45, 2.75) is 31.4 Å². The van der Waals surface area contributed by atoms with Gasteiger partial charge in [0, 0.05) is 18.8 Å². The van der Waals surface area contributed by atoms with E-state index in [2.05, 4.69) is 0 Å². The van der Waals surface area contributed by atoms with Gasteiger partial charge in [-0.1, -0.05) is 6.92 Å². The molecule has 0 spiro atoms. The van der Waals surface area contributed by atoms with Gasteiger partial charge in [-0.2, -0.15) is 8.42 Å². The molecule has 80 valence electrons. The third-order valence-corrected chi connectivity index (χ3v) is 3.58. The molecule has 0 radical (unpaired) electrons. The Morgan fingerprint density at radius 2 is 1.93 bits per heavy atom. The molecular formula is C8H12O5S. The van der Waals surface area contributed by atoms with Gasteiger partial charge >= 0.3 is 0 Å². The summed E-state index contributed by atoms with van der Waals surface area (Å²) < 4.78 is 30.3. The van der Waals surface area contributed by atoms with Gasteiger partial charge in [0.25, 0.3) is 10.1 Å². The second-order valence-electron chi connectivity index (χ2n) is 3.46. The van der Waals surface area contributed by atoms with Gasteiger partial charge in [-0.05, 0) is 6.42 Å². The molecule has 5 nitrogen and oxygen atoms in total. The molecule has 0 aliphatic heterocycles. The van der Waals surface area contributed by atoms with E-state index in [0.29, 0.717) is 6.42 Å². The Labute approximate surface area is 82.2 Å². The van der Waals surface area contributed by atoms with Crippen molar-refractivity contribution in [1.29, 1.82) is 0 Å². The minimum atomic E-state index is -4.42. The first-order chi connectivity index (χ1) is 6.36. The van der Waals surface area contributed by atoms with E-state index in [4.69, 9.17) is 4.55 Å². The van der Waals surface area contributed by atoms with Crippen LogP contribution in [0.5, 0.6) is 0 Å². The molecule has 1 fully saturated rings. The average Bonchev–Trinajstić information content (AvgIpc) is 2.06. The number of ketones is 2. The van der Waals surface area contributed by atoms with Crippen LogP contribution in [-0.2, 0) is 19.7 Å². The zero-order chi connectivity index (χ0) is 10.9. The Morgan fingerprint density at radius 3 is 2.36 bits per heavy atom. The number of carbonyl (C=O) groups is 2. The van der Waals surface area contributed by atoms with Crippen molar-refractivity contribution in [3.05, 3.63) is 0 Å². The molecule has 0 heterocycles. The minimum absolute atomic E-state index is 0.0986. The fourth-order valence-corrected chi connectivity index (χ4v) is 2.51. The molecule has 2 atom stereocenters. The van der Waals surface area contributed by atoms with E-state index in [1.807, 2.05) is 0 Å². The van der Waals surface area contributed by atoms with Crippen LogP contribution in [0.1, 0.15) is 26.2 Å². The van der Waals surface area contributed by atoms with Crippen molar-refractivity contribution in [2.24, 2.45) is 5.92 Å². The summed E-state index contributed by atoms with van der Waals surface area (Å²) in [5.74, 6) is -1.36. The normalized spacial score (nSPS) is 29.3. The largest absolute Gasteiger partial charge is 0.300 e. The SMILES string of the molecule is CCC1CC(=O)CC(S(=O)(=O)O)C1=O. The summed E-state index contributed by atoms with van der Waals surface area (Å²) >= 11 is 0. The Bertz CT molecular complexity index is 356. The lowest BCUT2D eigenvalue weighted by Crippen LogP contribution is -2.41. The van der Waals surface area contributed by atoms with Crippen LogP contribution in [0.25, 0.3) is 0 Å². The van der Waals surface area contributed by atoms with Crippen molar-refractivity contribution in [1.82, 2.24) is 0 Å². The molecule has 0 saturated heterocycles. The third kappa shape index (κ3) is 2.19. The van der Waals surface area contributed by atoms with Crippen molar-refractivity contribution in [3.63, 3.8) is 0 Å². The molecule has 1 saturated carbocycles. The molecule has 0 aromatic carbocycles. The molecule has 0 aromatic rings. The van der Waals surface area contributed by atoms with Crippen LogP contribution in [0, 0.1) is 5.92 Å². The number of carbonyl (C=O) groups excluding carboxylic acids is 2. The lowest BCUT2D eigenvalue weighted by Gasteiger charge is -2.23. The maximum absolute atomic E-state index is 11.5. The van der Waals surface area contributed by atoms with Gasteiger partial charge in [0.15, 0.2) is 11.0 Å². The fraction of sp³-hybridized carbons (Fsp3) is 0.750. The van der Waals surface area contributed by atoms with Gasteiger partial charge in [0.05, 0.1) is 0 Å². The Hall–Kier alpha value is -0.750. The molecule has 0 bridgehead atoms. The zero-order valence-corrected chi connectivity index (χ0v) is 8.58. The molecule has 0 amide bonds. The van der Waals surface area contributed by atoms with Crippen LogP contribution in [-0.4, -0.2) is 29.8 Å². The highest BCUT2D eigenvalue weighted by Gasteiger charge is 2.41. The standard InChI is InChI=1S/C8H12O5S/c1-2-5-3-6(9)4-7(8(5)10)14(11,12)13/h5,7H,2-4H2,1H3,(H,11,12,13). The first-order valence-corrected chi connectivity index (χ1v) is 5.88. The van der Waals surface area contributed by atoms with E-state index in [-0.39, 0.29) is 18.6 Å². The van der Waals surface area contributed by atoms with Crippen LogP contribution in [0.3, 0.4) is 0 Å². The lowest BCUT2D eigenvalue weighted by atomic mass is 9.85. The van der Waals surface area contributed by atoms with Crippen LogP contribution in [0.15, 0.2) is 0 Å². The summed E-state index contributed by atoms with van der Waals surface area (Å²) in [6, 6.07) is 0. The second kappa shape index (κ2) is 3.78. The first kappa shape index (κ1) is 11.3.